The monoisotopic (exact) mass is 645 g/mol. The number of carbonyl (C=O) groups is 2. The van der Waals surface area contributed by atoms with E-state index in [0.717, 1.165) is 15.4 Å². The van der Waals surface area contributed by atoms with Gasteiger partial charge in [-0.3, -0.25) is 13.9 Å². The number of nitrogens with zero attached hydrogens (tertiary/aromatic N) is 2. The van der Waals surface area contributed by atoms with Crippen molar-refractivity contribution in [2.24, 2.45) is 0 Å². The molecule has 0 saturated heterocycles. The fraction of sp³-hybridized carbons (Fsp3) is 0.375. The van der Waals surface area contributed by atoms with Crippen molar-refractivity contribution in [3.05, 3.63) is 76.8 Å². The predicted octanol–water partition coefficient (Wildman–Crippen LogP) is 5.20. The van der Waals surface area contributed by atoms with Crippen molar-refractivity contribution in [3.8, 4) is 17.2 Å². The van der Waals surface area contributed by atoms with Gasteiger partial charge in [0.25, 0.3) is 10.0 Å². The van der Waals surface area contributed by atoms with Gasteiger partial charge < -0.3 is 24.4 Å². The zero-order valence-corrected chi connectivity index (χ0v) is 27.7. The van der Waals surface area contributed by atoms with Crippen LogP contribution in [0.1, 0.15) is 38.3 Å². The molecule has 2 atom stereocenters. The molecule has 0 aromatic heterocycles. The topological polar surface area (TPSA) is 114 Å². The van der Waals surface area contributed by atoms with Crippen molar-refractivity contribution >= 4 is 39.1 Å². The van der Waals surface area contributed by atoms with Crippen molar-refractivity contribution < 1.29 is 32.2 Å². The molecule has 3 aromatic carbocycles. The van der Waals surface area contributed by atoms with Gasteiger partial charge in [0.2, 0.25) is 11.8 Å². The summed E-state index contributed by atoms with van der Waals surface area (Å²) in [5.74, 6) is -0.257. The van der Waals surface area contributed by atoms with Gasteiger partial charge in [-0.2, -0.15) is 0 Å². The predicted molar refractivity (Wildman–Crippen MR) is 171 cm³/mol. The quantitative estimate of drug-likeness (QED) is 0.256. The van der Waals surface area contributed by atoms with Crippen LogP contribution in [0.25, 0.3) is 0 Å². The molecule has 0 bridgehead atoms. The summed E-state index contributed by atoms with van der Waals surface area (Å²) in [6, 6.07) is 15.2. The van der Waals surface area contributed by atoms with Crippen molar-refractivity contribution in [2.45, 2.75) is 57.6 Å². The molecule has 0 aliphatic carbocycles. The summed E-state index contributed by atoms with van der Waals surface area (Å²) in [4.78, 5) is 28.7. The minimum absolute atomic E-state index is 0.0513. The highest BCUT2D eigenvalue weighted by atomic mass is 35.5. The maximum absolute atomic E-state index is 14.3. The number of sulfonamides is 1. The Kier molecular flexibility index (Phi) is 11.9. The lowest BCUT2D eigenvalue weighted by Crippen LogP contribution is -2.52. The van der Waals surface area contributed by atoms with E-state index < -0.39 is 28.5 Å². The number of hydrogen-bond acceptors (Lipinski definition) is 7. The van der Waals surface area contributed by atoms with E-state index in [4.69, 9.17) is 25.8 Å². The normalized spacial score (nSPS) is 12.5. The van der Waals surface area contributed by atoms with E-state index in [1.165, 1.54) is 56.6 Å². The standard InChI is InChI=1S/C32H40ClN3O7S/c1-8-22(3)34-32(38)23(4)35(19-24-11-9-10-21(2)16-24)31(37)20-36(27-17-25(33)12-14-28(27)41-5)44(39,40)26-13-15-29(42-6)30(18-26)43-7/h9-18,22-23H,8,19-20H2,1-7H3,(H,34,38)/t22-,23-/m0/s1. The average molecular weight is 646 g/mol. The molecule has 0 unspecified atom stereocenters. The molecule has 0 saturated carbocycles. The van der Waals surface area contributed by atoms with Gasteiger partial charge in [0.1, 0.15) is 18.3 Å². The van der Waals surface area contributed by atoms with Crippen LogP contribution in [0.15, 0.2) is 65.6 Å². The number of aryl methyl sites for hydroxylation is 1. The molecular weight excluding hydrogens is 606 g/mol. The van der Waals surface area contributed by atoms with Gasteiger partial charge in [-0.25, -0.2) is 8.42 Å². The third-order valence-electron chi connectivity index (χ3n) is 7.24. The van der Waals surface area contributed by atoms with Crippen LogP contribution < -0.4 is 23.8 Å². The molecule has 0 radical (unpaired) electrons. The molecule has 0 aliphatic rings. The van der Waals surface area contributed by atoms with Gasteiger partial charge in [-0.1, -0.05) is 48.4 Å². The fourth-order valence-corrected chi connectivity index (χ4v) is 6.13. The van der Waals surface area contributed by atoms with Gasteiger partial charge in [0, 0.05) is 23.7 Å². The lowest BCUT2D eigenvalue weighted by Gasteiger charge is -2.33. The zero-order chi connectivity index (χ0) is 32.6. The summed E-state index contributed by atoms with van der Waals surface area (Å²) in [5, 5.41) is 3.16. The molecule has 0 heterocycles. The van der Waals surface area contributed by atoms with Gasteiger partial charge >= 0.3 is 0 Å². The Bertz CT molecular complexity index is 1580. The number of nitrogens with one attached hydrogen (secondary N) is 1. The van der Waals surface area contributed by atoms with E-state index in [0.29, 0.717) is 12.2 Å². The number of rotatable bonds is 14. The second kappa shape index (κ2) is 15.2. The molecule has 12 heteroatoms. The first-order valence-corrected chi connectivity index (χ1v) is 15.9. The Morgan fingerprint density at radius 2 is 1.57 bits per heavy atom. The molecule has 2 amide bonds. The van der Waals surface area contributed by atoms with E-state index in [1.54, 1.807) is 13.0 Å². The summed E-state index contributed by atoms with van der Waals surface area (Å²) in [6.07, 6.45) is 0.705. The van der Waals surface area contributed by atoms with Gasteiger partial charge in [-0.05, 0) is 63.1 Å². The van der Waals surface area contributed by atoms with E-state index in [2.05, 4.69) is 5.32 Å². The third kappa shape index (κ3) is 8.15. The Balaban J connectivity index is 2.15. The van der Waals surface area contributed by atoms with Crippen molar-refractivity contribution in [1.82, 2.24) is 10.2 Å². The van der Waals surface area contributed by atoms with Gasteiger partial charge in [0.05, 0.1) is 31.9 Å². The van der Waals surface area contributed by atoms with E-state index in [9.17, 15) is 18.0 Å². The van der Waals surface area contributed by atoms with Crippen LogP contribution in [0.4, 0.5) is 5.69 Å². The van der Waals surface area contributed by atoms with Crippen LogP contribution in [0.5, 0.6) is 17.2 Å². The number of benzene rings is 3. The smallest absolute Gasteiger partial charge is 0.265 e. The van der Waals surface area contributed by atoms with Crippen LogP contribution in [0.3, 0.4) is 0 Å². The van der Waals surface area contributed by atoms with Crippen molar-refractivity contribution in [2.75, 3.05) is 32.2 Å². The largest absolute Gasteiger partial charge is 0.495 e. The number of halogens is 1. The molecule has 1 N–H and O–H groups in total. The molecule has 0 fully saturated rings. The number of ether oxygens (including phenoxy) is 3. The zero-order valence-electron chi connectivity index (χ0n) is 26.1. The highest BCUT2D eigenvalue weighted by Crippen LogP contribution is 2.37. The molecular formula is C32H40ClN3O7S. The van der Waals surface area contributed by atoms with Gasteiger partial charge in [0.15, 0.2) is 11.5 Å². The maximum Gasteiger partial charge on any atom is 0.265 e. The first-order valence-electron chi connectivity index (χ1n) is 14.1. The molecule has 44 heavy (non-hydrogen) atoms. The highest BCUT2D eigenvalue weighted by molar-refractivity contribution is 7.92. The highest BCUT2D eigenvalue weighted by Gasteiger charge is 2.34. The van der Waals surface area contributed by atoms with E-state index in [-0.39, 0.29) is 45.6 Å². The Morgan fingerprint density at radius 1 is 0.909 bits per heavy atom. The van der Waals surface area contributed by atoms with Crippen LogP contribution in [0, 0.1) is 6.92 Å². The maximum atomic E-state index is 14.3. The first-order chi connectivity index (χ1) is 20.9. The summed E-state index contributed by atoms with van der Waals surface area (Å²) in [6.45, 7) is 6.80. The molecule has 3 aromatic rings. The molecule has 238 valence electrons. The number of anilines is 1. The number of methoxy groups -OCH3 is 3. The van der Waals surface area contributed by atoms with Crippen molar-refractivity contribution in [1.29, 1.82) is 0 Å². The Labute approximate surface area is 264 Å². The van der Waals surface area contributed by atoms with E-state index >= 15 is 0 Å². The number of amides is 2. The average Bonchev–Trinajstić information content (AvgIpc) is 3.01. The minimum Gasteiger partial charge on any atom is -0.495 e. The molecule has 0 spiro atoms. The van der Waals surface area contributed by atoms with E-state index in [1.807, 2.05) is 45.0 Å². The first kappa shape index (κ1) is 34.5. The number of hydrogen-bond donors (Lipinski definition) is 1. The fourth-order valence-electron chi connectivity index (χ4n) is 4.53. The molecule has 10 nitrogen and oxygen atoms in total. The minimum atomic E-state index is -4.43. The SMILES string of the molecule is CC[C@H](C)NC(=O)[C@H](C)N(Cc1cccc(C)c1)C(=O)CN(c1cc(Cl)ccc1OC)S(=O)(=O)c1ccc(OC)c(OC)c1. The summed E-state index contributed by atoms with van der Waals surface area (Å²) >= 11 is 6.31. The van der Waals surface area contributed by atoms with Crippen molar-refractivity contribution in [3.63, 3.8) is 0 Å². The summed E-state index contributed by atoms with van der Waals surface area (Å²) in [7, 11) is -0.204. The lowest BCUT2D eigenvalue weighted by molar-refractivity contribution is -0.139. The Hall–Kier alpha value is -3.96. The second-order valence-corrected chi connectivity index (χ2v) is 12.6. The molecule has 3 rings (SSSR count). The molecule has 0 aliphatic heterocycles. The van der Waals surface area contributed by atoms with Gasteiger partial charge in [-0.15, -0.1) is 0 Å². The number of carbonyl (C=O) groups excluding carboxylic acids is 2. The summed E-state index contributed by atoms with van der Waals surface area (Å²) < 4.78 is 45.7. The van der Waals surface area contributed by atoms with Crippen LogP contribution >= 0.6 is 11.6 Å². The van der Waals surface area contributed by atoms with Crippen LogP contribution in [-0.2, 0) is 26.2 Å². The van der Waals surface area contributed by atoms with Crippen LogP contribution in [-0.4, -0.2) is 65.1 Å². The summed E-state index contributed by atoms with van der Waals surface area (Å²) in [5.41, 5.74) is 1.82. The Morgan fingerprint density at radius 3 is 2.18 bits per heavy atom. The third-order valence-corrected chi connectivity index (χ3v) is 9.23. The second-order valence-electron chi connectivity index (χ2n) is 10.3. The van der Waals surface area contributed by atoms with Crippen LogP contribution in [0.2, 0.25) is 5.02 Å². The lowest BCUT2D eigenvalue weighted by atomic mass is 10.1.